The van der Waals surface area contributed by atoms with Crippen LogP contribution >= 0.6 is 11.6 Å². The predicted octanol–water partition coefficient (Wildman–Crippen LogP) is 1.91. The van der Waals surface area contributed by atoms with Crippen molar-refractivity contribution in [3.63, 3.8) is 0 Å². The lowest BCUT2D eigenvalue weighted by molar-refractivity contribution is 0.0236. The third-order valence-corrected chi connectivity index (χ3v) is 5.52. The van der Waals surface area contributed by atoms with E-state index in [9.17, 15) is 8.42 Å². The van der Waals surface area contributed by atoms with Crippen LogP contribution < -0.4 is 10.0 Å². The summed E-state index contributed by atoms with van der Waals surface area (Å²) < 4.78 is 32.4. The van der Waals surface area contributed by atoms with E-state index in [0.717, 1.165) is 12.1 Å². The van der Waals surface area contributed by atoms with Crippen LogP contribution in [0.5, 0.6) is 0 Å². The number of benzene rings is 1. The van der Waals surface area contributed by atoms with E-state index in [2.05, 4.69) is 10.0 Å². The fourth-order valence-corrected chi connectivity index (χ4v) is 3.84. The summed E-state index contributed by atoms with van der Waals surface area (Å²) in [6.07, 6.45) is 1.58. The highest BCUT2D eigenvalue weighted by atomic mass is 35.5. The highest BCUT2D eigenvalue weighted by molar-refractivity contribution is 7.89. The number of rotatable bonds is 7. The van der Waals surface area contributed by atoms with Crippen molar-refractivity contribution in [1.29, 1.82) is 0 Å². The molecule has 0 amide bonds. The van der Waals surface area contributed by atoms with Crippen LogP contribution in [-0.4, -0.2) is 34.2 Å². The minimum atomic E-state index is -3.52. The monoisotopic (exact) mass is 332 g/mol. The van der Waals surface area contributed by atoms with Gasteiger partial charge >= 0.3 is 0 Å². The molecule has 0 aliphatic heterocycles. The van der Waals surface area contributed by atoms with Gasteiger partial charge in [0.25, 0.3) is 0 Å². The fraction of sp³-hybridized carbons (Fsp3) is 0.571. The second-order valence-electron chi connectivity index (χ2n) is 5.18. The topological polar surface area (TPSA) is 67.4 Å². The van der Waals surface area contributed by atoms with E-state index < -0.39 is 10.0 Å². The average Bonchev–Trinajstić information content (AvgIpc) is 2.41. The molecular weight excluding hydrogens is 312 g/mol. The molecule has 1 aliphatic carbocycles. The van der Waals surface area contributed by atoms with Gasteiger partial charge in [-0.15, -0.1) is 0 Å². The number of sulfonamides is 1. The molecule has 118 valence electrons. The first-order chi connectivity index (χ1) is 9.96. The Labute approximate surface area is 131 Å². The van der Waals surface area contributed by atoms with Gasteiger partial charge in [-0.3, -0.25) is 0 Å². The van der Waals surface area contributed by atoms with Crippen molar-refractivity contribution in [3.05, 3.63) is 28.8 Å². The van der Waals surface area contributed by atoms with Gasteiger partial charge in [0.2, 0.25) is 10.0 Å². The van der Waals surface area contributed by atoms with Gasteiger partial charge in [0.05, 0.1) is 11.0 Å². The molecule has 0 bridgehead atoms. The van der Waals surface area contributed by atoms with Gasteiger partial charge in [0.15, 0.2) is 0 Å². The second kappa shape index (κ2) is 7.07. The molecule has 0 radical (unpaired) electrons. The minimum absolute atomic E-state index is 0.0554. The summed E-state index contributed by atoms with van der Waals surface area (Å²) in [6.45, 7) is 3.46. The maximum Gasteiger partial charge on any atom is 0.240 e. The van der Waals surface area contributed by atoms with Crippen LogP contribution in [0.3, 0.4) is 0 Å². The van der Waals surface area contributed by atoms with Gasteiger partial charge < -0.3 is 10.1 Å². The molecule has 0 heterocycles. The molecule has 0 unspecified atom stereocenters. The van der Waals surface area contributed by atoms with Crippen LogP contribution in [0.2, 0.25) is 5.02 Å². The zero-order valence-corrected chi connectivity index (χ0v) is 13.8. The normalized spacial score (nSPS) is 22.0. The van der Waals surface area contributed by atoms with E-state index >= 15 is 0 Å². The van der Waals surface area contributed by atoms with Gasteiger partial charge in [-0.05, 0) is 37.1 Å². The van der Waals surface area contributed by atoms with Gasteiger partial charge in [-0.2, -0.15) is 0 Å². The maximum atomic E-state index is 12.3. The zero-order valence-electron chi connectivity index (χ0n) is 12.2. The maximum absolute atomic E-state index is 12.3. The molecule has 1 aliphatic rings. The van der Waals surface area contributed by atoms with Crippen LogP contribution in [0.1, 0.15) is 25.3 Å². The Morgan fingerprint density at radius 1 is 1.38 bits per heavy atom. The Kier molecular flexibility index (Phi) is 5.62. The van der Waals surface area contributed by atoms with Gasteiger partial charge in [0, 0.05) is 24.7 Å². The van der Waals surface area contributed by atoms with Crippen molar-refractivity contribution in [1.82, 2.24) is 10.0 Å². The zero-order chi connectivity index (χ0) is 15.5. The first-order valence-corrected chi connectivity index (χ1v) is 8.86. The number of nitrogens with one attached hydrogen (secondary N) is 2. The molecule has 21 heavy (non-hydrogen) atoms. The summed E-state index contributed by atoms with van der Waals surface area (Å²) in [6, 6.07) is 4.79. The Balaban J connectivity index is 2.04. The molecule has 1 aromatic carbocycles. The molecule has 5 nitrogen and oxygen atoms in total. The SMILES string of the molecule is CCNCc1ccc(S(=O)(=O)NC2CC(OC)C2)cc1Cl. The minimum Gasteiger partial charge on any atom is -0.381 e. The molecular formula is C14H21ClN2O3S. The van der Waals surface area contributed by atoms with E-state index in [1.54, 1.807) is 19.2 Å². The molecule has 0 atom stereocenters. The Morgan fingerprint density at radius 3 is 2.67 bits per heavy atom. The van der Waals surface area contributed by atoms with E-state index in [1.165, 1.54) is 6.07 Å². The highest BCUT2D eigenvalue weighted by Gasteiger charge is 2.32. The summed E-state index contributed by atoms with van der Waals surface area (Å²) >= 11 is 6.15. The first-order valence-electron chi connectivity index (χ1n) is 7.00. The summed E-state index contributed by atoms with van der Waals surface area (Å²) in [4.78, 5) is 0.202. The van der Waals surface area contributed by atoms with Crippen molar-refractivity contribution in [3.8, 4) is 0 Å². The Morgan fingerprint density at radius 2 is 2.10 bits per heavy atom. The number of hydrogen-bond acceptors (Lipinski definition) is 4. The molecule has 0 aromatic heterocycles. The van der Waals surface area contributed by atoms with Crippen LogP contribution in [0.25, 0.3) is 0 Å². The van der Waals surface area contributed by atoms with Crippen molar-refractivity contribution in [2.24, 2.45) is 0 Å². The van der Waals surface area contributed by atoms with Gasteiger partial charge in [-0.1, -0.05) is 24.6 Å². The number of ether oxygens (including phenoxy) is 1. The lowest BCUT2D eigenvalue weighted by Gasteiger charge is -2.34. The van der Waals surface area contributed by atoms with Crippen molar-refractivity contribution >= 4 is 21.6 Å². The van der Waals surface area contributed by atoms with Crippen LogP contribution in [-0.2, 0) is 21.3 Å². The average molecular weight is 333 g/mol. The molecule has 0 spiro atoms. The molecule has 1 fully saturated rings. The van der Waals surface area contributed by atoms with Crippen molar-refractivity contribution in [2.45, 2.75) is 43.4 Å². The van der Waals surface area contributed by atoms with Crippen LogP contribution in [0.15, 0.2) is 23.1 Å². The van der Waals surface area contributed by atoms with Crippen molar-refractivity contribution < 1.29 is 13.2 Å². The highest BCUT2D eigenvalue weighted by Crippen LogP contribution is 2.26. The van der Waals surface area contributed by atoms with Gasteiger partial charge in [0.1, 0.15) is 0 Å². The quantitative estimate of drug-likeness (QED) is 0.800. The third-order valence-electron chi connectivity index (χ3n) is 3.65. The first kappa shape index (κ1) is 16.7. The summed E-state index contributed by atoms with van der Waals surface area (Å²) in [5.74, 6) is 0. The predicted molar refractivity (Wildman–Crippen MR) is 83.0 cm³/mol. The van der Waals surface area contributed by atoms with Gasteiger partial charge in [-0.25, -0.2) is 13.1 Å². The lowest BCUT2D eigenvalue weighted by Crippen LogP contribution is -2.47. The third kappa shape index (κ3) is 4.17. The molecule has 1 aromatic rings. The fourth-order valence-electron chi connectivity index (χ4n) is 2.24. The van der Waals surface area contributed by atoms with E-state index in [1.807, 2.05) is 6.92 Å². The largest absolute Gasteiger partial charge is 0.381 e. The number of methoxy groups -OCH3 is 1. The van der Waals surface area contributed by atoms with E-state index in [4.69, 9.17) is 16.3 Å². The standard InChI is InChI=1S/C14H21ClN2O3S/c1-3-16-9-10-4-5-13(8-14(10)15)21(18,19)17-11-6-12(7-11)20-2/h4-5,8,11-12,16-17H,3,6-7,9H2,1-2H3. The molecule has 2 N–H and O–H groups in total. The number of hydrogen-bond donors (Lipinski definition) is 2. The molecule has 0 saturated heterocycles. The molecule has 1 saturated carbocycles. The van der Waals surface area contributed by atoms with E-state index in [0.29, 0.717) is 24.4 Å². The molecule has 7 heteroatoms. The van der Waals surface area contributed by atoms with Crippen molar-refractivity contribution in [2.75, 3.05) is 13.7 Å². The number of halogens is 1. The van der Waals surface area contributed by atoms with Crippen LogP contribution in [0.4, 0.5) is 0 Å². The second-order valence-corrected chi connectivity index (χ2v) is 7.30. The Hall–Kier alpha value is -0.660. The summed E-state index contributed by atoms with van der Waals surface area (Å²) in [5, 5.41) is 3.62. The smallest absolute Gasteiger partial charge is 0.240 e. The summed E-state index contributed by atoms with van der Waals surface area (Å²) in [7, 11) is -1.89. The molecule has 2 rings (SSSR count). The van der Waals surface area contributed by atoms with E-state index in [-0.39, 0.29) is 17.0 Å². The Bertz CT molecular complexity index is 586. The summed E-state index contributed by atoms with van der Waals surface area (Å²) in [5.41, 5.74) is 0.889. The lowest BCUT2D eigenvalue weighted by atomic mass is 9.90. The van der Waals surface area contributed by atoms with Crippen LogP contribution in [0, 0.1) is 0 Å².